The summed E-state index contributed by atoms with van der Waals surface area (Å²) in [5.41, 5.74) is 2.40. The number of carbonyl (C=O) groups is 1. The maximum absolute atomic E-state index is 13.4. The van der Waals surface area contributed by atoms with Gasteiger partial charge in [-0.05, 0) is 61.4 Å². The van der Waals surface area contributed by atoms with Gasteiger partial charge in [0.15, 0.2) is 6.10 Å². The van der Waals surface area contributed by atoms with Crippen molar-refractivity contribution in [3.63, 3.8) is 0 Å². The zero-order valence-corrected chi connectivity index (χ0v) is 19.3. The van der Waals surface area contributed by atoms with Gasteiger partial charge in [0.25, 0.3) is 15.9 Å². The second-order valence-electron chi connectivity index (χ2n) is 7.88. The Hall–Kier alpha value is -3.52. The van der Waals surface area contributed by atoms with Gasteiger partial charge in [0.2, 0.25) is 0 Å². The summed E-state index contributed by atoms with van der Waals surface area (Å²) in [6.07, 6.45) is -0.988. The molecule has 1 aliphatic rings. The van der Waals surface area contributed by atoms with Gasteiger partial charge < -0.3 is 14.8 Å². The lowest BCUT2D eigenvalue weighted by atomic mass is 10.1. The van der Waals surface area contributed by atoms with E-state index in [1.165, 1.54) is 16.4 Å². The normalized spacial score (nSPS) is 15.3. The lowest BCUT2D eigenvalue weighted by molar-refractivity contribution is -0.127. The summed E-state index contributed by atoms with van der Waals surface area (Å²) in [4.78, 5) is 13.0. The molecule has 8 heteroatoms. The first-order chi connectivity index (χ1) is 15.8. The number of nitrogens with one attached hydrogen (secondary N) is 1. The molecule has 172 valence electrons. The average molecular weight is 467 g/mol. The fraction of sp³-hybridized carbons (Fsp3) is 0.240. The fourth-order valence-electron chi connectivity index (χ4n) is 3.61. The van der Waals surface area contributed by atoms with E-state index in [1.54, 1.807) is 30.3 Å². The van der Waals surface area contributed by atoms with E-state index in [9.17, 15) is 13.2 Å². The molecule has 0 unspecified atom stereocenters. The largest absolute Gasteiger partial charge is 0.492 e. The van der Waals surface area contributed by atoms with Crippen molar-refractivity contribution < 1.29 is 22.7 Å². The van der Waals surface area contributed by atoms with Crippen LogP contribution in [-0.4, -0.2) is 40.1 Å². The number of anilines is 1. The van der Waals surface area contributed by atoms with Crippen LogP contribution in [0.25, 0.3) is 0 Å². The Morgan fingerprint density at radius 1 is 1.03 bits per heavy atom. The molecule has 4 rings (SSSR count). The van der Waals surface area contributed by atoms with E-state index < -0.39 is 22.0 Å². The smallest absolute Gasteiger partial charge is 0.264 e. The van der Waals surface area contributed by atoms with E-state index in [0.717, 1.165) is 16.9 Å². The Labute approximate surface area is 194 Å². The molecule has 0 saturated carbocycles. The summed E-state index contributed by atoms with van der Waals surface area (Å²) in [6.45, 7) is 4.27. The van der Waals surface area contributed by atoms with Gasteiger partial charge in [0.1, 0.15) is 18.1 Å². The zero-order valence-electron chi connectivity index (χ0n) is 18.5. The van der Waals surface area contributed by atoms with Crippen LogP contribution in [0.2, 0.25) is 0 Å². The van der Waals surface area contributed by atoms with Gasteiger partial charge in [0, 0.05) is 0 Å². The van der Waals surface area contributed by atoms with Crippen molar-refractivity contribution in [3.05, 3.63) is 83.9 Å². The first-order valence-electron chi connectivity index (χ1n) is 10.7. The van der Waals surface area contributed by atoms with E-state index >= 15 is 0 Å². The number of fused-ring (bicyclic) bond motifs is 1. The van der Waals surface area contributed by atoms with Crippen molar-refractivity contribution in [2.75, 3.05) is 24.0 Å². The maximum atomic E-state index is 13.4. The Bertz CT molecular complexity index is 1240. The number of amides is 1. The van der Waals surface area contributed by atoms with Crippen LogP contribution in [0.5, 0.6) is 11.5 Å². The number of ether oxygens (including phenoxy) is 2. The second-order valence-corrected chi connectivity index (χ2v) is 9.75. The Kier molecular flexibility index (Phi) is 6.55. The predicted molar refractivity (Wildman–Crippen MR) is 126 cm³/mol. The van der Waals surface area contributed by atoms with Crippen LogP contribution in [0.3, 0.4) is 0 Å². The predicted octanol–water partition coefficient (Wildman–Crippen LogP) is 3.45. The van der Waals surface area contributed by atoms with Gasteiger partial charge in [-0.15, -0.1) is 0 Å². The van der Waals surface area contributed by atoms with Gasteiger partial charge in [-0.2, -0.15) is 0 Å². The van der Waals surface area contributed by atoms with E-state index in [0.29, 0.717) is 11.4 Å². The summed E-state index contributed by atoms with van der Waals surface area (Å²) in [5, 5.41) is 2.78. The van der Waals surface area contributed by atoms with Crippen LogP contribution in [0.15, 0.2) is 77.7 Å². The van der Waals surface area contributed by atoms with Crippen molar-refractivity contribution in [1.29, 1.82) is 0 Å². The molecule has 0 radical (unpaired) electrons. The van der Waals surface area contributed by atoms with Crippen molar-refractivity contribution in [2.24, 2.45) is 0 Å². The third-order valence-electron chi connectivity index (χ3n) is 5.27. The molecule has 3 aromatic rings. The highest BCUT2D eigenvalue weighted by Gasteiger charge is 2.37. The average Bonchev–Trinajstić information content (AvgIpc) is 2.81. The van der Waals surface area contributed by atoms with Crippen molar-refractivity contribution in [2.45, 2.75) is 24.8 Å². The third-order valence-corrected chi connectivity index (χ3v) is 7.06. The first kappa shape index (κ1) is 22.7. The minimum atomic E-state index is -3.88. The number of nitrogens with zero attached hydrogens (tertiary/aromatic N) is 1. The molecule has 0 fully saturated rings. The van der Waals surface area contributed by atoms with Gasteiger partial charge in [0.05, 0.1) is 23.7 Å². The number of carbonyl (C=O) groups excluding carboxylic acids is 1. The van der Waals surface area contributed by atoms with Crippen LogP contribution in [0.4, 0.5) is 5.69 Å². The molecule has 33 heavy (non-hydrogen) atoms. The molecule has 1 heterocycles. The van der Waals surface area contributed by atoms with Crippen molar-refractivity contribution in [3.8, 4) is 11.5 Å². The summed E-state index contributed by atoms with van der Waals surface area (Å²) in [6, 6.07) is 21.1. The SMILES string of the molecule is Cc1cccc(OCCNC(=O)[C@H]2CN(S(=O)(=O)c3ccccc3)c3cc(C)ccc3O2)c1. The Morgan fingerprint density at radius 3 is 2.55 bits per heavy atom. The van der Waals surface area contributed by atoms with Crippen LogP contribution < -0.4 is 19.1 Å². The number of benzene rings is 3. The molecule has 3 aromatic carbocycles. The van der Waals surface area contributed by atoms with Gasteiger partial charge in [-0.3, -0.25) is 9.10 Å². The second kappa shape index (κ2) is 9.54. The van der Waals surface area contributed by atoms with Crippen LogP contribution >= 0.6 is 0 Å². The number of hydrogen-bond acceptors (Lipinski definition) is 5. The minimum absolute atomic E-state index is 0.127. The van der Waals surface area contributed by atoms with Gasteiger partial charge in [-0.25, -0.2) is 8.42 Å². The third kappa shape index (κ3) is 5.12. The first-order valence-corrected chi connectivity index (χ1v) is 12.1. The molecule has 0 bridgehead atoms. The molecule has 0 spiro atoms. The van der Waals surface area contributed by atoms with E-state index in [1.807, 2.05) is 44.2 Å². The number of rotatable bonds is 7. The maximum Gasteiger partial charge on any atom is 0.264 e. The van der Waals surface area contributed by atoms with Crippen molar-refractivity contribution >= 4 is 21.6 Å². The molecule has 0 aromatic heterocycles. The topological polar surface area (TPSA) is 84.9 Å². The van der Waals surface area contributed by atoms with E-state index in [4.69, 9.17) is 9.47 Å². The number of hydrogen-bond donors (Lipinski definition) is 1. The van der Waals surface area contributed by atoms with Crippen molar-refractivity contribution in [1.82, 2.24) is 5.32 Å². The summed E-state index contributed by atoms with van der Waals surface area (Å²) >= 11 is 0. The highest BCUT2D eigenvalue weighted by molar-refractivity contribution is 7.92. The molecule has 7 nitrogen and oxygen atoms in total. The zero-order chi connectivity index (χ0) is 23.4. The van der Waals surface area contributed by atoms with E-state index in [-0.39, 0.29) is 24.6 Å². The highest BCUT2D eigenvalue weighted by atomic mass is 32.2. The van der Waals surface area contributed by atoms with Gasteiger partial charge >= 0.3 is 0 Å². The quantitative estimate of drug-likeness (QED) is 0.539. The summed E-state index contributed by atoms with van der Waals surface area (Å²) in [5.74, 6) is 0.674. The highest BCUT2D eigenvalue weighted by Crippen LogP contribution is 2.37. The molecule has 1 atom stereocenters. The fourth-order valence-corrected chi connectivity index (χ4v) is 5.10. The Balaban J connectivity index is 1.48. The van der Waals surface area contributed by atoms with Crippen LogP contribution in [-0.2, 0) is 14.8 Å². The number of aryl methyl sites for hydroxylation is 2. The molecule has 1 aliphatic heterocycles. The summed E-state index contributed by atoms with van der Waals surface area (Å²) < 4.78 is 39.6. The lowest BCUT2D eigenvalue weighted by Gasteiger charge is -2.35. The summed E-state index contributed by atoms with van der Waals surface area (Å²) in [7, 11) is -3.88. The lowest BCUT2D eigenvalue weighted by Crippen LogP contribution is -2.51. The molecular formula is C25H26N2O5S. The molecule has 0 saturated heterocycles. The van der Waals surface area contributed by atoms with Crippen LogP contribution in [0.1, 0.15) is 11.1 Å². The molecule has 0 aliphatic carbocycles. The number of sulfonamides is 1. The van der Waals surface area contributed by atoms with E-state index in [2.05, 4.69) is 5.32 Å². The molecule has 1 N–H and O–H groups in total. The molecular weight excluding hydrogens is 440 g/mol. The molecule has 1 amide bonds. The van der Waals surface area contributed by atoms with Crippen LogP contribution in [0, 0.1) is 13.8 Å². The monoisotopic (exact) mass is 466 g/mol. The van der Waals surface area contributed by atoms with Gasteiger partial charge in [-0.1, -0.05) is 36.4 Å². The Morgan fingerprint density at radius 2 is 1.79 bits per heavy atom. The standard InChI is InChI=1S/C25H26N2O5S/c1-18-7-6-8-20(15-18)31-14-13-26-25(28)24-17-27(22-16-19(2)11-12-23(22)32-24)33(29,30)21-9-4-3-5-10-21/h3-12,15-16,24H,13-14,17H2,1-2H3,(H,26,28)/t24-/m1/s1. The minimum Gasteiger partial charge on any atom is -0.492 e.